The molecule has 1 aromatic carbocycles. The number of carboxylic acid groups (broad SMARTS) is 1. The zero-order valence-electron chi connectivity index (χ0n) is 11.6. The predicted molar refractivity (Wildman–Crippen MR) is 76.4 cm³/mol. The van der Waals surface area contributed by atoms with E-state index in [2.05, 4.69) is 9.97 Å². The third-order valence-electron chi connectivity index (χ3n) is 3.63. The average molecular weight is 285 g/mol. The monoisotopic (exact) mass is 285 g/mol. The summed E-state index contributed by atoms with van der Waals surface area (Å²) in [4.78, 5) is 21.0. The number of rotatable bonds is 3. The lowest BCUT2D eigenvalue weighted by molar-refractivity contribution is 0.104. The summed E-state index contributed by atoms with van der Waals surface area (Å²) in [5.74, 6) is 0.886. The first-order valence-electron chi connectivity index (χ1n) is 6.62. The Morgan fingerprint density at radius 2 is 1.90 bits per heavy atom. The molecule has 0 bridgehead atoms. The van der Waals surface area contributed by atoms with E-state index >= 15 is 0 Å². The fourth-order valence-corrected chi connectivity index (χ4v) is 2.43. The van der Waals surface area contributed by atoms with Crippen molar-refractivity contribution < 1.29 is 14.6 Å². The van der Waals surface area contributed by atoms with Crippen LogP contribution >= 0.6 is 0 Å². The minimum Gasteiger partial charge on any atom is -0.497 e. The summed E-state index contributed by atoms with van der Waals surface area (Å²) in [5, 5.41) is 8.92. The molecule has 0 unspecified atom stereocenters. The van der Waals surface area contributed by atoms with Gasteiger partial charge in [0.25, 0.3) is 0 Å². The predicted octanol–water partition coefficient (Wildman–Crippen LogP) is 2.23. The van der Waals surface area contributed by atoms with Crippen molar-refractivity contribution in [1.29, 1.82) is 0 Å². The normalized spacial score (nSPS) is 14.6. The molecule has 3 rings (SSSR count). The first-order chi connectivity index (χ1) is 10.2. The van der Waals surface area contributed by atoms with E-state index in [1.807, 2.05) is 24.3 Å². The highest BCUT2D eigenvalue weighted by Crippen LogP contribution is 2.32. The van der Waals surface area contributed by atoms with Gasteiger partial charge in [-0.1, -0.05) is 0 Å². The number of aromatic nitrogens is 2. The molecule has 1 aromatic heterocycles. The Kier molecular flexibility index (Phi) is 3.43. The molecular formula is C15H15N3O3. The summed E-state index contributed by atoms with van der Waals surface area (Å²) in [7, 11) is 1.62. The maximum atomic E-state index is 10.9. The third-order valence-corrected chi connectivity index (χ3v) is 3.63. The minimum absolute atomic E-state index is 0.104. The standard InChI is InChI=1S/C15H15N3O3/c1-21-12-4-2-10(3-5-12)13-14(17-7-6-16-13)11-8-18(9-11)15(19)20/h2-7,11H,8-9H2,1H3,(H,19,20). The number of amides is 1. The van der Waals surface area contributed by atoms with Crippen LogP contribution in [0.25, 0.3) is 11.3 Å². The molecule has 6 nitrogen and oxygen atoms in total. The molecule has 1 amide bonds. The first-order valence-corrected chi connectivity index (χ1v) is 6.62. The fourth-order valence-electron chi connectivity index (χ4n) is 2.43. The first kappa shape index (κ1) is 13.4. The Hall–Kier alpha value is -2.63. The second-order valence-electron chi connectivity index (χ2n) is 4.90. The van der Waals surface area contributed by atoms with E-state index in [0.29, 0.717) is 13.1 Å². The zero-order valence-corrected chi connectivity index (χ0v) is 11.6. The topological polar surface area (TPSA) is 75.6 Å². The summed E-state index contributed by atoms with van der Waals surface area (Å²) >= 11 is 0. The molecule has 1 aliphatic rings. The van der Waals surface area contributed by atoms with Crippen molar-refractivity contribution in [3.63, 3.8) is 0 Å². The summed E-state index contributed by atoms with van der Waals surface area (Å²) in [5.41, 5.74) is 2.60. The number of likely N-dealkylation sites (tertiary alicyclic amines) is 1. The molecule has 6 heteroatoms. The molecule has 0 aliphatic carbocycles. The van der Waals surface area contributed by atoms with Gasteiger partial charge in [-0.3, -0.25) is 9.97 Å². The van der Waals surface area contributed by atoms with E-state index in [0.717, 1.165) is 22.7 Å². The van der Waals surface area contributed by atoms with E-state index in [-0.39, 0.29) is 5.92 Å². The van der Waals surface area contributed by atoms with Gasteiger partial charge in [-0.05, 0) is 24.3 Å². The summed E-state index contributed by atoms with van der Waals surface area (Å²) in [6, 6.07) is 7.61. The van der Waals surface area contributed by atoms with Crippen molar-refractivity contribution in [2.75, 3.05) is 20.2 Å². The lowest BCUT2D eigenvalue weighted by Gasteiger charge is -2.37. The Bertz CT molecular complexity index is 651. The molecular weight excluding hydrogens is 270 g/mol. The molecule has 1 fully saturated rings. The second-order valence-corrected chi connectivity index (χ2v) is 4.90. The highest BCUT2D eigenvalue weighted by Gasteiger charge is 2.34. The van der Waals surface area contributed by atoms with Gasteiger partial charge in [0.15, 0.2) is 0 Å². The van der Waals surface area contributed by atoms with Gasteiger partial charge in [0.2, 0.25) is 0 Å². The number of methoxy groups -OCH3 is 1. The van der Waals surface area contributed by atoms with Crippen LogP contribution < -0.4 is 4.74 Å². The molecule has 2 aromatic rings. The van der Waals surface area contributed by atoms with Crippen LogP contribution in [-0.2, 0) is 0 Å². The Labute approximate surface area is 122 Å². The largest absolute Gasteiger partial charge is 0.497 e. The molecule has 21 heavy (non-hydrogen) atoms. The minimum atomic E-state index is -0.888. The second kappa shape index (κ2) is 5.40. The molecule has 0 radical (unpaired) electrons. The van der Waals surface area contributed by atoms with Crippen molar-refractivity contribution in [2.24, 2.45) is 0 Å². The number of ether oxygens (including phenoxy) is 1. The lowest BCUT2D eigenvalue weighted by atomic mass is 9.93. The van der Waals surface area contributed by atoms with E-state index in [1.165, 1.54) is 4.90 Å². The van der Waals surface area contributed by atoms with Crippen LogP contribution in [0.4, 0.5) is 4.79 Å². The summed E-state index contributed by atoms with van der Waals surface area (Å²) in [6.45, 7) is 0.939. The van der Waals surface area contributed by atoms with Crippen LogP contribution in [-0.4, -0.2) is 46.3 Å². The maximum absolute atomic E-state index is 10.9. The van der Waals surface area contributed by atoms with Gasteiger partial charge in [0.05, 0.1) is 18.5 Å². The van der Waals surface area contributed by atoms with Crippen LogP contribution in [0, 0.1) is 0 Å². The molecule has 0 saturated carbocycles. The van der Waals surface area contributed by atoms with Crippen molar-refractivity contribution in [2.45, 2.75) is 5.92 Å². The zero-order chi connectivity index (χ0) is 14.8. The van der Waals surface area contributed by atoms with Gasteiger partial charge < -0.3 is 14.7 Å². The summed E-state index contributed by atoms with van der Waals surface area (Å²) < 4.78 is 5.15. The lowest BCUT2D eigenvalue weighted by Crippen LogP contribution is -2.48. The molecule has 1 aliphatic heterocycles. The Balaban J connectivity index is 1.87. The van der Waals surface area contributed by atoms with Gasteiger partial charge in [0.1, 0.15) is 5.75 Å². The van der Waals surface area contributed by atoms with E-state index in [9.17, 15) is 4.79 Å². The maximum Gasteiger partial charge on any atom is 0.407 e. The number of nitrogens with zero attached hydrogens (tertiary/aromatic N) is 3. The molecule has 0 spiro atoms. The molecule has 0 atom stereocenters. The van der Waals surface area contributed by atoms with E-state index < -0.39 is 6.09 Å². The SMILES string of the molecule is COc1ccc(-c2nccnc2C2CN(C(=O)O)C2)cc1. The quantitative estimate of drug-likeness (QED) is 0.936. The van der Waals surface area contributed by atoms with Crippen LogP contribution in [0.2, 0.25) is 0 Å². The average Bonchev–Trinajstić information content (AvgIpc) is 2.46. The highest BCUT2D eigenvalue weighted by atomic mass is 16.5. The van der Waals surface area contributed by atoms with Crippen LogP contribution in [0.1, 0.15) is 11.6 Å². The fraction of sp³-hybridized carbons (Fsp3) is 0.267. The molecule has 1 N–H and O–H groups in total. The Morgan fingerprint density at radius 1 is 1.24 bits per heavy atom. The van der Waals surface area contributed by atoms with Crippen molar-refractivity contribution >= 4 is 6.09 Å². The Morgan fingerprint density at radius 3 is 2.52 bits per heavy atom. The van der Waals surface area contributed by atoms with Crippen LogP contribution in [0.3, 0.4) is 0 Å². The number of benzene rings is 1. The third kappa shape index (κ3) is 2.52. The number of hydrogen-bond donors (Lipinski definition) is 1. The molecule has 2 heterocycles. The van der Waals surface area contributed by atoms with Gasteiger partial charge in [-0.15, -0.1) is 0 Å². The van der Waals surface area contributed by atoms with Crippen LogP contribution in [0.15, 0.2) is 36.7 Å². The van der Waals surface area contributed by atoms with E-state index in [4.69, 9.17) is 9.84 Å². The smallest absolute Gasteiger partial charge is 0.407 e. The van der Waals surface area contributed by atoms with Crippen molar-refractivity contribution in [1.82, 2.24) is 14.9 Å². The van der Waals surface area contributed by atoms with E-state index in [1.54, 1.807) is 19.5 Å². The number of hydrogen-bond acceptors (Lipinski definition) is 4. The summed E-state index contributed by atoms with van der Waals surface area (Å²) in [6.07, 6.45) is 2.41. The molecule has 1 saturated heterocycles. The van der Waals surface area contributed by atoms with Gasteiger partial charge in [0, 0.05) is 37.0 Å². The van der Waals surface area contributed by atoms with Crippen LogP contribution in [0.5, 0.6) is 5.75 Å². The molecule has 108 valence electrons. The number of carbonyl (C=O) groups is 1. The van der Waals surface area contributed by atoms with Crippen molar-refractivity contribution in [3.05, 3.63) is 42.4 Å². The highest BCUT2D eigenvalue weighted by molar-refractivity contribution is 5.68. The van der Waals surface area contributed by atoms with Gasteiger partial charge >= 0.3 is 6.09 Å². The van der Waals surface area contributed by atoms with Gasteiger partial charge in [-0.2, -0.15) is 0 Å². The van der Waals surface area contributed by atoms with Crippen molar-refractivity contribution in [3.8, 4) is 17.0 Å². The van der Waals surface area contributed by atoms with Gasteiger partial charge in [-0.25, -0.2) is 4.79 Å².